The van der Waals surface area contributed by atoms with Crippen molar-refractivity contribution in [3.05, 3.63) is 98.4 Å². The summed E-state index contributed by atoms with van der Waals surface area (Å²) in [7, 11) is 0. The molecule has 2 atom stereocenters. The molecule has 0 saturated heterocycles. The maximum atomic E-state index is 13.2. The molecule has 1 aliphatic carbocycles. The summed E-state index contributed by atoms with van der Waals surface area (Å²) in [5.74, 6) is -0.540. The second-order valence-corrected chi connectivity index (χ2v) is 7.39. The van der Waals surface area contributed by atoms with Gasteiger partial charge in [-0.1, -0.05) is 42.5 Å². The molecule has 0 bridgehead atoms. The van der Waals surface area contributed by atoms with E-state index in [1.165, 1.54) is 12.1 Å². The number of carbonyl (C=O) groups excluding carboxylic acids is 1. The van der Waals surface area contributed by atoms with E-state index in [9.17, 15) is 20.2 Å². The largest absolute Gasteiger partial charge is 0.361 e. The van der Waals surface area contributed by atoms with Crippen molar-refractivity contribution in [2.24, 2.45) is 0 Å². The number of nitrogens with one attached hydrogen (secondary N) is 1. The molecule has 1 N–H and O–H groups in total. The van der Waals surface area contributed by atoms with E-state index in [-0.39, 0.29) is 17.4 Å². The molecule has 144 valence electrons. The van der Waals surface area contributed by atoms with E-state index >= 15 is 0 Å². The Morgan fingerprint density at radius 2 is 1.83 bits per heavy atom. The zero-order valence-electron chi connectivity index (χ0n) is 15.9. The summed E-state index contributed by atoms with van der Waals surface area (Å²) in [6.45, 7) is 1.81. The van der Waals surface area contributed by atoms with E-state index in [2.05, 4.69) is 11.4 Å². The van der Waals surface area contributed by atoms with Gasteiger partial charge in [-0.15, -0.1) is 0 Å². The molecule has 6 nitrogen and oxygen atoms in total. The highest BCUT2D eigenvalue weighted by molar-refractivity contribution is 6.00. The zero-order chi connectivity index (χ0) is 20.5. The summed E-state index contributed by atoms with van der Waals surface area (Å²) in [5, 5.41) is 24.3. The summed E-state index contributed by atoms with van der Waals surface area (Å²) >= 11 is 0. The van der Waals surface area contributed by atoms with E-state index in [4.69, 9.17) is 0 Å². The molecule has 0 saturated carbocycles. The van der Waals surface area contributed by atoms with Crippen LogP contribution in [-0.4, -0.2) is 10.7 Å². The van der Waals surface area contributed by atoms with Crippen LogP contribution in [0.1, 0.15) is 42.7 Å². The minimum absolute atomic E-state index is 0.0237. The number of non-ortho nitro benzene ring substituents is 1. The maximum Gasteiger partial charge on any atom is 0.269 e. The Kier molecular flexibility index (Phi) is 4.73. The SMILES string of the molecule is CC1=C(C#N)[C@@H](c2cccc([N+](=O)[O-])c2)C2=C(C[C@H](c3ccccc3)CC2=O)N1. The number of nitrogens with zero attached hydrogens (tertiary/aromatic N) is 2. The van der Waals surface area contributed by atoms with Gasteiger partial charge in [-0.25, -0.2) is 0 Å². The fourth-order valence-corrected chi connectivity index (χ4v) is 4.30. The highest BCUT2D eigenvalue weighted by Crippen LogP contribution is 2.45. The van der Waals surface area contributed by atoms with E-state index < -0.39 is 10.8 Å². The van der Waals surface area contributed by atoms with Gasteiger partial charge in [-0.05, 0) is 30.4 Å². The Morgan fingerprint density at radius 1 is 1.10 bits per heavy atom. The first-order chi connectivity index (χ1) is 14.0. The first-order valence-corrected chi connectivity index (χ1v) is 9.43. The number of hydrogen-bond donors (Lipinski definition) is 1. The monoisotopic (exact) mass is 385 g/mol. The van der Waals surface area contributed by atoms with Gasteiger partial charge >= 0.3 is 0 Å². The summed E-state index contributed by atoms with van der Waals surface area (Å²) in [4.78, 5) is 24.0. The van der Waals surface area contributed by atoms with Crippen LogP contribution < -0.4 is 5.32 Å². The standard InChI is InChI=1S/C23H19N3O3/c1-14-19(13-24)22(16-8-5-9-18(10-16)26(28)29)23-20(25-14)11-17(12-21(23)27)15-6-3-2-4-7-15/h2-10,17,22,25H,11-12H2,1H3/t17-,22+/m0/s1. The minimum atomic E-state index is -0.583. The molecule has 0 amide bonds. The molecule has 0 fully saturated rings. The molecule has 29 heavy (non-hydrogen) atoms. The Hall–Kier alpha value is -3.72. The molecular weight excluding hydrogens is 366 g/mol. The number of Topliss-reactive ketones (excluding diaryl/α,β-unsaturated/α-hetero) is 1. The van der Waals surface area contributed by atoms with Crippen LogP contribution in [0.15, 0.2) is 77.1 Å². The minimum Gasteiger partial charge on any atom is -0.361 e. The highest BCUT2D eigenvalue weighted by atomic mass is 16.6. The number of benzene rings is 2. The molecule has 1 aliphatic heterocycles. The first-order valence-electron chi connectivity index (χ1n) is 9.43. The van der Waals surface area contributed by atoms with Gasteiger partial charge in [0.25, 0.3) is 5.69 Å². The number of ketones is 1. The normalized spacial score (nSPS) is 21.3. The van der Waals surface area contributed by atoms with Crippen molar-refractivity contribution in [3.8, 4) is 6.07 Å². The van der Waals surface area contributed by atoms with Crippen LogP contribution in [0.5, 0.6) is 0 Å². The van der Waals surface area contributed by atoms with E-state index in [1.807, 2.05) is 37.3 Å². The van der Waals surface area contributed by atoms with Crippen LogP contribution >= 0.6 is 0 Å². The van der Waals surface area contributed by atoms with Crippen LogP contribution in [0, 0.1) is 21.4 Å². The average Bonchev–Trinajstić information content (AvgIpc) is 2.73. The molecule has 0 aromatic heterocycles. The molecule has 0 spiro atoms. The quantitative estimate of drug-likeness (QED) is 0.621. The summed E-state index contributed by atoms with van der Waals surface area (Å²) in [6, 6.07) is 18.3. The van der Waals surface area contributed by atoms with Crippen molar-refractivity contribution in [1.82, 2.24) is 5.32 Å². The molecule has 0 unspecified atom stereocenters. The van der Waals surface area contributed by atoms with Crippen molar-refractivity contribution in [1.29, 1.82) is 5.26 Å². The fraction of sp³-hybridized carbons (Fsp3) is 0.217. The van der Waals surface area contributed by atoms with Crippen molar-refractivity contribution in [2.45, 2.75) is 31.6 Å². The Balaban J connectivity index is 1.81. The Labute approximate surface area is 168 Å². The molecule has 6 heteroatoms. The van der Waals surface area contributed by atoms with Crippen molar-refractivity contribution >= 4 is 11.5 Å². The van der Waals surface area contributed by atoms with E-state index in [0.29, 0.717) is 35.2 Å². The predicted molar refractivity (Wildman–Crippen MR) is 108 cm³/mol. The van der Waals surface area contributed by atoms with Crippen LogP contribution in [0.2, 0.25) is 0 Å². The third-order valence-electron chi connectivity index (χ3n) is 5.63. The molecule has 4 rings (SSSR count). The van der Waals surface area contributed by atoms with Crippen molar-refractivity contribution in [3.63, 3.8) is 0 Å². The lowest BCUT2D eigenvalue weighted by molar-refractivity contribution is -0.384. The molecule has 0 radical (unpaired) electrons. The third-order valence-corrected chi connectivity index (χ3v) is 5.63. The molecular formula is C23H19N3O3. The maximum absolute atomic E-state index is 13.2. The molecule has 2 aliphatic rings. The van der Waals surface area contributed by atoms with E-state index in [1.54, 1.807) is 12.1 Å². The first kappa shape index (κ1) is 18.6. The van der Waals surface area contributed by atoms with Crippen LogP contribution in [0.3, 0.4) is 0 Å². The number of rotatable bonds is 3. The summed E-state index contributed by atoms with van der Waals surface area (Å²) in [5.41, 5.74) is 4.12. The van der Waals surface area contributed by atoms with Gasteiger partial charge in [-0.2, -0.15) is 5.26 Å². The van der Waals surface area contributed by atoms with Crippen LogP contribution in [0.25, 0.3) is 0 Å². The van der Waals surface area contributed by atoms with Gasteiger partial charge in [-0.3, -0.25) is 14.9 Å². The number of carbonyl (C=O) groups is 1. The number of hydrogen-bond acceptors (Lipinski definition) is 5. The van der Waals surface area contributed by atoms with Crippen molar-refractivity contribution < 1.29 is 9.72 Å². The van der Waals surface area contributed by atoms with Gasteiger partial charge in [0.2, 0.25) is 0 Å². The predicted octanol–water partition coefficient (Wildman–Crippen LogP) is 4.48. The zero-order valence-corrected chi connectivity index (χ0v) is 15.9. The number of dihydropyridines is 1. The lowest BCUT2D eigenvalue weighted by atomic mass is 9.72. The van der Waals surface area contributed by atoms with Gasteiger partial charge in [0.05, 0.1) is 22.5 Å². The molecule has 1 heterocycles. The fourth-order valence-electron chi connectivity index (χ4n) is 4.30. The smallest absolute Gasteiger partial charge is 0.269 e. The Bertz CT molecular complexity index is 1110. The second-order valence-electron chi connectivity index (χ2n) is 7.39. The summed E-state index contributed by atoms with van der Waals surface area (Å²) < 4.78 is 0. The average molecular weight is 385 g/mol. The Morgan fingerprint density at radius 3 is 2.52 bits per heavy atom. The number of nitro groups is 1. The van der Waals surface area contributed by atoms with Gasteiger partial charge < -0.3 is 5.32 Å². The van der Waals surface area contributed by atoms with Crippen LogP contribution in [0.4, 0.5) is 5.69 Å². The lowest BCUT2D eigenvalue weighted by Crippen LogP contribution is -2.33. The number of nitriles is 1. The second kappa shape index (κ2) is 7.36. The van der Waals surface area contributed by atoms with Gasteiger partial charge in [0.15, 0.2) is 5.78 Å². The molecule has 2 aromatic carbocycles. The lowest BCUT2D eigenvalue weighted by Gasteiger charge is -2.35. The van der Waals surface area contributed by atoms with Crippen LogP contribution in [-0.2, 0) is 4.79 Å². The highest BCUT2D eigenvalue weighted by Gasteiger charge is 2.39. The van der Waals surface area contributed by atoms with E-state index in [0.717, 1.165) is 11.3 Å². The number of nitro benzene ring substituents is 1. The van der Waals surface area contributed by atoms with Gasteiger partial charge in [0.1, 0.15) is 0 Å². The number of allylic oxidation sites excluding steroid dienone is 4. The van der Waals surface area contributed by atoms with Gasteiger partial charge in [0, 0.05) is 35.5 Å². The molecule has 2 aromatic rings. The summed E-state index contributed by atoms with van der Waals surface area (Å²) in [6.07, 6.45) is 1.01. The van der Waals surface area contributed by atoms with Crippen molar-refractivity contribution in [2.75, 3.05) is 0 Å². The third kappa shape index (κ3) is 3.32. The topological polar surface area (TPSA) is 96.0 Å².